The maximum absolute atomic E-state index is 12.1. The first-order chi connectivity index (χ1) is 12.2. The van der Waals surface area contributed by atoms with Gasteiger partial charge in [-0.15, -0.1) is 0 Å². The highest BCUT2D eigenvalue weighted by molar-refractivity contribution is 8.00. The van der Waals surface area contributed by atoms with Crippen LogP contribution in [0.1, 0.15) is 64.7 Å². The van der Waals surface area contributed by atoms with Crippen LogP contribution in [0.25, 0.3) is 11.0 Å². The van der Waals surface area contributed by atoms with Crippen LogP contribution in [0.2, 0.25) is 0 Å². The molecule has 1 heterocycles. The fourth-order valence-electron chi connectivity index (χ4n) is 2.94. The van der Waals surface area contributed by atoms with Crippen LogP contribution in [0.15, 0.2) is 29.4 Å². The van der Waals surface area contributed by atoms with Crippen molar-refractivity contribution in [1.29, 1.82) is 0 Å². The standard InChI is InChI=1S/C20H30N2O2S/c1-3-4-5-6-7-8-9-10-15-18(19(23)24-2)25-20-21-16-13-11-12-14-17(16)22-20/h11-14,18H,3-10,15H2,1-2H3,(H,21,22). The number of rotatable bonds is 12. The van der Waals surface area contributed by atoms with Gasteiger partial charge in [-0.1, -0.05) is 82.2 Å². The molecular formula is C20H30N2O2S. The predicted octanol–water partition coefficient (Wildman–Crippen LogP) is 5.73. The summed E-state index contributed by atoms with van der Waals surface area (Å²) >= 11 is 1.48. The summed E-state index contributed by atoms with van der Waals surface area (Å²) in [7, 11) is 1.46. The van der Waals surface area contributed by atoms with Gasteiger partial charge in [0, 0.05) is 0 Å². The Hall–Kier alpha value is -1.49. The summed E-state index contributed by atoms with van der Waals surface area (Å²) in [6.07, 6.45) is 11.0. The van der Waals surface area contributed by atoms with Crippen molar-refractivity contribution in [2.45, 2.75) is 75.1 Å². The second-order valence-electron chi connectivity index (χ2n) is 6.45. The molecule has 4 nitrogen and oxygen atoms in total. The first-order valence-corrected chi connectivity index (χ1v) is 10.3. The average molecular weight is 363 g/mol. The highest BCUT2D eigenvalue weighted by Crippen LogP contribution is 2.27. The van der Waals surface area contributed by atoms with E-state index in [-0.39, 0.29) is 11.2 Å². The number of thioether (sulfide) groups is 1. The van der Waals surface area contributed by atoms with Crippen LogP contribution in [0, 0.1) is 0 Å². The number of H-pyrrole nitrogens is 1. The quantitative estimate of drug-likeness (QED) is 0.298. The van der Waals surface area contributed by atoms with Gasteiger partial charge in [-0.2, -0.15) is 0 Å². The molecule has 0 saturated carbocycles. The zero-order valence-corrected chi connectivity index (χ0v) is 16.2. The van der Waals surface area contributed by atoms with E-state index in [1.54, 1.807) is 0 Å². The number of carbonyl (C=O) groups is 1. The number of unbranched alkanes of at least 4 members (excludes halogenated alkanes) is 7. The molecule has 0 radical (unpaired) electrons. The molecule has 0 fully saturated rings. The third-order valence-corrected chi connectivity index (χ3v) is 5.53. The number of fused-ring (bicyclic) bond motifs is 1. The van der Waals surface area contributed by atoms with Crippen LogP contribution in [0.5, 0.6) is 0 Å². The summed E-state index contributed by atoms with van der Waals surface area (Å²) in [4.78, 5) is 19.9. The number of para-hydroxylation sites is 2. The Labute approximate surface area is 155 Å². The van der Waals surface area contributed by atoms with Gasteiger partial charge < -0.3 is 9.72 Å². The number of hydrogen-bond acceptors (Lipinski definition) is 4. The molecule has 1 unspecified atom stereocenters. The van der Waals surface area contributed by atoms with Crippen molar-refractivity contribution < 1.29 is 9.53 Å². The Bertz CT molecular complexity index is 608. The molecule has 5 heteroatoms. The maximum Gasteiger partial charge on any atom is 0.319 e. The van der Waals surface area contributed by atoms with Crippen molar-refractivity contribution in [3.63, 3.8) is 0 Å². The Balaban J connectivity index is 1.77. The minimum absolute atomic E-state index is 0.159. The Morgan fingerprint density at radius 3 is 2.48 bits per heavy atom. The third-order valence-electron chi connectivity index (χ3n) is 4.41. The lowest BCUT2D eigenvalue weighted by Crippen LogP contribution is -2.19. The van der Waals surface area contributed by atoms with E-state index >= 15 is 0 Å². The van der Waals surface area contributed by atoms with E-state index in [9.17, 15) is 4.79 Å². The molecule has 2 aromatic rings. The monoisotopic (exact) mass is 362 g/mol. The largest absolute Gasteiger partial charge is 0.468 e. The summed E-state index contributed by atoms with van der Waals surface area (Å²) in [6, 6.07) is 7.92. The predicted molar refractivity (Wildman–Crippen MR) is 105 cm³/mol. The molecule has 25 heavy (non-hydrogen) atoms. The van der Waals surface area contributed by atoms with Crippen molar-refractivity contribution in [1.82, 2.24) is 9.97 Å². The van der Waals surface area contributed by atoms with Crippen molar-refractivity contribution in [3.05, 3.63) is 24.3 Å². The van der Waals surface area contributed by atoms with E-state index in [2.05, 4.69) is 16.9 Å². The number of benzene rings is 1. The van der Waals surface area contributed by atoms with E-state index in [1.165, 1.54) is 63.8 Å². The lowest BCUT2D eigenvalue weighted by molar-refractivity contribution is -0.140. The van der Waals surface area contributed by atoms with Crippen LogP contribution >= 0.6 is 11.8 Å². The Kier molecular flexibility index (Phi) is 8.87. The molecule has 0 aliphatic carbocycles. The zero-order chi connectivity index (χ0) is 17.9. The number of methoxy groups -OCH3 is 1. The second-order valence-corrected chi connectivity index (χ2v) is 7.64. The Morgan fingerprint density at radius 1 is 1.12 bits per heavy atom. The van der Waals surface area contributed by atoms with Crippen molar-refractivity contribution >= 4 is 28.8 Å². The lowest BCUT2D eigenvalue weighted by Gasteiger charge is -2.12. The first-order valence-electron chi connectivity index (χ1n) is 9.43. The summed E-state index contributed by atoms with van der Waals surface area (Å²) in [5, 5.41) is 0.599. The summed E-state index contributed by atoms with van der Waals surface area (Å²) in [5.74, 6) is -0.159. The average Bonchev–Trinajstić information content (AvgIpc) is 3.04. The van der Waals surface area contributed by atoms with E-state index in [0.29, 0.717) is 0 Å². The number of nitrogens with zero attached hydrogens (tertiary/aromatic N) is 1. The maximum atomic E-state index is 12.1. The van der Waals surface area contributed by atoms with E-state index in [4.69, 9.17) is 4.74 Å². The second kappa shape index (κ2) is 11.2. The zero-order valence-electron chi connectivity index (χ0n) is 15.4. The molecule has 0 aliphatic rings. The van der Waals surface area contributed by atoms with Gasteiger partial charge in [0.05, 0.1) is 18.1 Å². The topological polar surface area (TPSA) is 55.0 Å². The number of imidazole rings is 1. The molecule has 0 aliphatic heterocycles. The number of carbonyl (C=O) groups excluding carboxylic acids is 1. The van der Waals surface area contributed by atoms with E-state index < -0.39 is 0 Å². The van der Waals surface area contributed by atoms with Gasteiger partial charge in [0.1, 0.15) is 5.25 Å². The van der Waals surface area contributed by atoms with Crippen LogP contribution in [0.4, 0.5) is 0 Å². The van der Waals surface area contributed by atoms with Crippen LogP contribution < -0.4 is 0 Å². The molecular weight excluding hydrogens is 332 g/mol. The van der Waals surface area contributed by atoms with Gasteiger partial charge in [-0.25, -0.2) is 4.98 Å². The van der Waals surface area contributed by atoms with Crippen LogP contribution in [0.3, 0.4) is 0 Å². The molecule has 1 atom stereocenters. The number of nitrogens with one attached hydrogen (secondary N) is 1. The number of aromatic nitrogens is 2. The van der Waals surface area contributed by atoms with E-state index in [0.717, 1.165) is 29.0 Å². The molecule has 1 aromatic carbocycles. The number of esters is 1. The van der Waals surface area contributed by atoms with Crippen molar-refractivity contribution in [2.24, 2.45) is 0 Å². The van der Waals surface area contributed by atoms with Gasteiger partial charge in [0.2, 0.25) is 0 Å². The van der Waals surface area contributed by atoms with Gasteiger partial charge in [0.15, 0.2) is 5.16 Å². The van der Waals surface area contributed by atoms with Crippen LogP contribution in [-0.2, 0) is 9.53 Å². The third kappa shape index (κ3) is 6.73. The number of hydrogen-bond donors (Lipinski definition) is 1. The molecule has 2 rings (SSSR count). The molecule has 0 saturated heterocycles. The molecule has 0 bridgehead atoms. The smallest absolute Gasteiger partial charge is 0.319 e. The summed E-state index contributed by atoms with van der Waals surface area (Å²) in [5.41, 5.74) is 1.93. The normalized spacial score (nSPS) is 12.4. The number of aromatic amines is 1. The van der Waals surface area contributed by atoms with Crippen molar-refractivity contribution in [2.75, 3.05) is 7.11 Å². The fourth-order valence-corrected chi connectivity index (χ4v) is 4.01. The fraction of sp³-hybridized carbons (Fsp3) is 0.600. The Morgan fingerprint density at radius 2 is 1.80 bits per heavy atom. The van der Waals surface area contributed by atoms with Gasteiger partial charge in [0.25, 0.3) is 0 Å². The molecule has 1 aromatic heterocycles. The molecule has 1 N–H and O–H groups in total. The van der Waals surface area contributed by atoms with Crippen LogP contribution in [-0.4, -0.2) is 28.3 Å². The van der Waals surface area contributed by atoms with Gasteiger partial charge in [-0.3, -0.25) is 4.79 Å². The minimum Gasteiger partial charge on any atom is -0.468 e. The molecule has 0 spiro atoms. The SMILES string of the molecule is CCCCCCCCCCC(Sc1nc2ccccc2[nH]1)C(=O)OC. The van der Waals surface area contributed by atoms with Crippen molar-refractivity contribution in [3.8, 4) is 0 Å². The van der Waals surface area contributed by atoms with Gasteiger partial charge >= 0.3 is 5.97 Å². The summed E-state index contributed by atoms with van der Waals surface area (Å²) < 4.78 is 4.98. The highest BCUT2D eigenvalue weighted by Gasteiger charge is 2.21. The minimum atomic E-state index is -0.189. The summed E-state index contributed by atoms with van der Waals surface area (Å²) in [6.45, 7) is 2.24. The number of ether oxygens (including phenoxy) is 1. The van der Waals surface area contributed by atoms with E-state index in [1.807, 2.05) is 24.3 Å². The van der Waals surface area contributed by atoms with Gasteiger partial charge in [-0.05, 0) is 18.6 Å². The molecule has 138 valence electrons. The highest BCUT2D eigenvalue weighted by atomic mass is 32.2. The lowest BCUT2D eigenvalue weighted by atomic mass is 10.1. The molecule has 0 amide bonds. The first kappa shape index (κ1) is 19.8.